The Bertz CT molecular complexity index is 407. The van der Waals surface area contributed by atoms with Crippen molar-refractivity contribution < 1.29 is 9.47 Å². The maximum absolute atomic E-state index is 5.56. The second kappa shape index (κ2) is 8.55. The Hall–Kier alpha value is -0.860. The van der Waals surface area contributed by atoms with Crippen LogP contribution < -0.4 is 0 Å². The Morgan fingerprint density at radius 2 is 1.86 bits per heavy atom. The van der Waals surface area contributed by atoms with Crippen LogP contribution in [0, 0.1) is 5.41 Å². The molecule has 2 nitrogen and oxygen atoms in total. The normalized spacial score (nSPS) is 19.9. The van der Waals surface area contributed by atoms with Crippen LogP contribution in [0.5, 0.6) is 0 Å². The molecule has 0 aliphatic heterocycles. The first-order chi connectivity index (χ1) is 9.90. The molecule has 1 rings (SSSR count). The van der Waals surface area contributed by atoms with Crippen molar-refractivity contribution in [3.63, 3.8) is 0 Å². The number of ether oxygens (including phenoxy) is 2. The van der Waals surface area contributed by atoms with Gasteiger partial charge in [-0.1, -0.05) is 37.1 Å². The Labute approximate surface area is 130 Å². The summed E-state index contributed by atoms with van der Waals surface area (Å²) in [6, 6.07) is 0. The molecule has 1 aliphatic carbocycles. The zero-order valence-corrected chi connectivity index (χ0v) is 14.7. The first-order valence-electron chi connectivity index (χ1n) is 8.20. The van der Waals surface area contributed by atoms with Crippen molar-refractivity contribution >= 4 is 0 Å². The molecule has 120 valence electrons. The molecule has 0 aromatic heterocycles. The third kappa shape index (κ3) is 5.80. The fourth-order valence-electron chi connectivity index (χ4n) is 2.97. The molecule has 0 heterocycles. The summed E-state index contributed by atoms with van der Waals surface area (Å²) in [5.74, 6) is 0. The van der Waals surface area contributed by atoms with E-state index in [1.807, 2.05) is 13.8 Å². The van der Waals surface area contributed by atoms with Gasteiger partial charge >= 0.3 is 0 Å². The third-order valence-corrected chi connectivity index (χ3v) is 4.12. The summed E-state index contributed by atoms with van der Waals surface area (Å²) in [5.41, 5.74) is 4.49. The van der Waals surface area contributed by atoms with Gasteiger partial charge in [0.2, 0.25) is 0 Å². The Balaban J connectivity index is 2.82. The van der Waals surface area contributed by atoms with Crippen molar-refractivity contribution in [3.05, 3.63) is 34.9 Å². The highest BCUT2D eigenvalue weighted by molar-refractivity contribution is 5.36. The van der Waals surface area contributed by atoms with E-state index in [-0.39, 0.29) is 6.29 Å². The van der Waals surface area contributed by atoms with Crippen molar-refractivity contribution in [1.82, 2.24) is 0 Å². The van der Waals surface area contributed by atoms with Crippen LogP contribution in [0.15, 0.2) is 34.9 Å². The lowest BCUT2D eigenvalue weighted by atomic mass is 9.72. The molecule has 0 fully saturated rings. The number of hydrogen-bond acceptors (Lipinski definition) is 2. The lowest BCUT2D eigenvalue weighted by Gasteiger charge is -2.33. The molecule has 0 atom stereocenters. The van der Waals surface area contributed by atoms with Gasteiger partial charge in [-0.25, -0.2) is 0 Å². The van der Waals surface area contributed by atoms with Gasteiger partial charge in [-0.3, -0.25) is 0 Å². The van der Waals surface area contributed by atoms with Gasteiger partial charge in [0.05, 0.1) is 0 Å². The van der Waals surface area contributed by atoms with Crippen LogP contribution in [0.2, 0.25) is 0 Å². The fraction of sp³-hybridized carbons (Fsp3) is 0.684. The lowest BCUT2D eigenvalue weighted by Crippen LogP contribution is -2.19. The lowest BCUT2D eigenvalue weighted by molar-refractivity contribution is -0.104. The Kier molecular flexibility index (Phi) is 7.41. The summed E-state index contributed by atoms with van der Waals surface area (Å²) in [7, 11) is 0. The number of hydrogen-bond donors (Lipinski definition) is 0. The maximum Gasteiger partial charge on any atom is 0.177 e. The summed E-state index contributed by atoms with van der Waals surface area (Å²) < 4.78 is 11.1. The molecular formula is C19H32O2. The molecule has 0 amide bonds. The van der Waals surface area contributed by atoms with Crippen LogP contribution in [-0.4, -0.2) is 19.5 Å². The van der Waals surface area contributed by atoms with Crippen LogP contribution in [0.3, 0.4) is 0 Å². The molecule has 1 aliphatic rings. The van der Waals surface area contributed by atoms with Gasteiger partial charge in [0, 0.05) is 13.2 Å². The van der Waals surface area contributed by atoms with Crippen molar-refractivity contribution in [1.29, 1.82) is 0 Å². The number of allylic oxidation sites excluding steroid dienone is 5. The van der Waals surface area contributed by atoms with E-state index in [2.05, 4.69) is 45.9 Å². The summed E-state index contributed by atoms with van der Waals surface area (Å²) in [6.07, 6.45) is 10.1. The van der Waals surface area contributed by atoms with Crippen molar-refractivity contribution in [2.24, 2.45) is 5.41 Å². The first kappa shape index (κ1) is 18.2. The van der Waals surface area contributed by atoms with Gasteiger partial charge in [-0.15, -0.1) is 0 Å². The summed E-state index contributed by atoms with van der Waals surface area (Å²) in [5, 5.41) is 0. The molecule has 0 radical (unpaired) electrons. The van der Waals surface area contributed by atoms with Crippen molar-refractivity contribution in [2.75, 3.05) is 13.2 Å². The fourth-order valence-corrected chi connectivity index (χ4v) is 2.97. The minimum atomic E-state index is -0.237. The van der Waals surface area contributed by atoms with E-state index >= 15 is 0 Å². The number of rotatable bonds is 7. The Morgan fingerprint density at radius 3 is 2.38 bits per heavy atom. The van der Waals surface area contributed by atoms with E-state index in [1.165, 1.54) is 36.0 Å². The van der Waals surface area contributed by atoms with E-state index in [4.69, 9.17) is 9.47 Å². The predicted octanol–water partition coefficient (Wildman–Crippen LogP) is 5.41. The van der Waals surface area contributed by atoms with E-state index in [9.17, 15) is 0 Å². The minimum absolute atomic E-state index is 0.237. The molecule has 0 spiro atoms. The summed E-state index contributed by atoms with van der Waals surface area (Å²) in [4.78, 5) is 0. The predicted molar refractivity (Wildman–Crippen MR) is 90.3 cm³/mol. The maximum atomic E-state index is 5.56. The van der Waals surface area contributed by atoms with Crippen LogP contribution >= 0.6 is 0 Å². The first-order valence-corrected chi connectivity index (χ1v) is 8.20. The molecule has 0 aromatic carbocycles. The average Bonchev–Trinajstić information content (AvgIpc) is 2.38. The zero-order chi connectivity index (χ0) is 15.9. The van der Waals surface area contributed by atoms with Gasteiger partial charge in [0.25, 0.3) is 0 Å². The molecule has 0 aromatic rings. The van der Waals surface area contributed by atoms with Gasteiger partial charge in [0.1, 0.15) is 0 Å². The molecule has 0 saturated heterocycles. The molecule has 0 unspecified atom stereocenters. The largest absolute Gasteiger partial charge is 0.349 e. The third-order valence-electron chi connectivity index (χ3n) is 4.12. The molecule has 2 heteroatoms. The van der Waals surface area contributed by atoms with E-state index in [1.54, 1.807) is 0 Å². The van der Waals surface area contributed by atoms with Crippen molar-refractivity contribution in [3.8, 4) is 0 Å². The van der Waals surface area contributed by atoms with Crippen molar-refractivity contribution in [2.45, 2.75) is 67.1 Å². The quantitative estimate of drug-likeness (QED) is 0.461. The minimum Gasteiger partial charge on any atom is -0.349 e. The second-order valence-electron chi connectivity index (χ2n) is 6.45. The van der Waals surface area contributed by atoms with Crippen LogP contribution in [-0.2, 0) is 9.47 Å². The van der Waals surface area contributed by atoms with E-state index in [0.717, 1.165) is 0 Å². The summed E-state index contributed by atoms with van der Waals surface area (Å²) >= 11 is 0. The Morgan fingerprint density at radius 1 is 1.24 bits per heavy atom. The molecule has 0 saturated carbocycles. The molecular weight excluding hydrogens is 260 g/mol. The molecule has 0 bridgehead atoms. The van der Waals surface area contributed by atoms with Crippen LogP contribution in [0.25, 0.3) is 0 Å². The highest BCUT2D eigenvalue weighted by Gasteiger charge is 2.26. The topological polar surface area (TPSA) is 18.5 Å². The standard InChI is InChI=1S/C19H32O2/c1-7-20-18(21-8-2)14-15(3)11-12-17-16(4)10-9-13-19(17,5)6/h11-12,14,18H,7-10,13H2,1-6H3/b12-11+,15-14+. The van der Waals surface area contributed by atoms with Gasteiger partial charge in [-0.05, 0) is 64.0 Å². The molecule has 0 N–H and O–H groups in total. The monoisotopic (exact) mass is 292 g/mol. The SMILES string of the molecule is CCOC(/C=C(C)/C=C/C1=C(C)CCCC1(C)C)OCC. The molecule has 21 heavy (non-hydrogen) atoms. The van der Waals surface area contributed by atoms with Gasteiger partial charge in [-0.2, -0.15) is 0 Å². The smallest absolute Gasteiger partial charge is 0.177 e. The van der Waals surface area contributed by atoms with Gasteiger partial charge in [0.15, 0.2) is 6.29 Å². The zero-order valence-electron chi connectivity index (χ0n) is 14.7. The van der Waals surface area contributed by atoms with E-state index < -0.39 is 0 Å². The highest BCUT2D eigenvalue weighted by Crippen LogP contribution is 2.40. The second-order valence-corrected chi connectivity index (χ2v) is 6.45. The van der Waals surface area contributed by atoms with Gasteiger partial charge < -0.3 is 9.47 Å². The highest BCUT2D eigenvalue weighted by atomic mass is 16.7. The van der Waals surface area contributed by atoms with Crippen LogP contribution in [0.4, 0.5) is 0 Å². The summed E-state index contributed by atoms with van der Waals surface area (Å²) in [6.45, 7) is 14.4. The van der Waals surface area contributed by atoms with Crippen LogP contribution in [0.1, 0.15) is 60.8 Å². The van der Waals surface area contributed by atoms with E-state index in [0.29, 0.717) is 18.6 Å². The average molecular weight is 292 g/mol.